The number of rotatable bonds is 5. The van der Waals surface area contributed by atoms with Crippen molar-refractivity contribution in [2.45, 2.75) is 44.9 Å². The van der Waals surface area contributed by atoms with Gasteiger partial charge in [0.1, 0.15) is 0 Å². The fourth-order valence-corrected chi connectivity index (χ4v) is 2.60. The van der Waals surface area contributed by atoms with Crippen LogP contribution in [0.3, 0.4) is 0 Å². The number of allylic oxidation sites excluding steroid dienone is 2. The first kappa shape index (κ1) is 11.4. The van der Waals surface area contributed by atoms with Gasteiger partial charge in [-0.25, -0.2) is 0 Å². The van der Waals surface area contributed by atoms with Gasteiger partial charge in [0.2, 0.25) is 0 Å². The summed E-state index contributed by atoms with van der Waals surface area (Å²) in [6.07, 6.45) is 11.2. The molecule has 1 saturated carbocycles. The average Bonchev–Trinajstić information content (AvgIpc) is 2.19. The summed E-state index contributed by atoms with van der Waals surface area (Å²) in [5, 5.41) is 3.17. The second-order valence-corrected chi connectivity index (χ2v) is 4.58. The first-order valence-electron chi connectivity index (χ1n) is 5.69. The van der Waals surface area contributed by atoms with Crippen molar-refractivity contribution in [1.29, 1.82) is 0 Å². The number of hydrogen-bond acceptors (Lipinski definition) is 1. The molecule has 14 heavy (non-hydrogen) atoms. The van der Waals surface area contributed by atoms with Crippen molar-refractivity contribution in [1.82, 2.24) is 5.32 Å². The summed E-state index contributed by atoms with van der Waals surface area (Å²) in [5.74, 6) is 0. The van der Waals surface area contributed by atoms with Crippen LogP contribution in [0.4, 0.5) is 0 Å². The Labute approximate surface area is 88.3 Å². The molecule has 1 heteroatoms. The van der Waals surface area contributed by atoms with E-state index in [9.17, 15) is 0 Å². The second-order valence-electron chi connectivity index (χ2n) is 4.58. The van der Waals surface area contributed by atoms with Gasteiger partial charge in [-0.3, -0.25) is 0 Å². The lowest BCUT2D eigenvalue weighted by Gasteiger charge is -2.37. The lowest BCUT2D eigenvalue weighted by atomic mass is 9.69. The molecule has 0 aliphatic heterocycles. The summed E-state index contributed by atoms with van der Waals surface area (Å²) >= 11 is 0. The van der Waals surface area contributed by atoms with E-state index >= 15 is 0 Å². The van der Waals surface area contributed by atoms with E-state index in [1.54, 1.807) is 0 Å². The van der Waals surface area contributed by atoms with E-state index in [0.717, 1.165) is 12.8 Å². The largest absolute Gasteiger partial charge is 0.392 e. The maximum absolute atomic E-state index is 4.05. The molecular weight excluding hydrogens is 170 g/mol. The van der Waals surface area contributed by atoms with Gasteiger partial charge < -0.3 is 5.32 Å². The summed E-state index contributed by atoms with van der Waals surface area (Å²) in [6.45, 7) is 7.93. The number of hydrogen-bond donors (Lipinski definition) is 1. The van der Waals surface area contributed by atoms with E-state index < -0.39 is 0 Å². The summed E-state index contributed by atoms with van der Waals surface area (Å²) in [4.78, 5) is 0. The van der Waals surface area contributed by atoms with Gasteiger partial charge in [0.05, 0.1) is 0 Å². The van der Waals surface area contributed by atoms with E-state index in [1.807, 2.05) is 7.05 Å². The van der Waals surface area contributed by atoms with Crippen molar-refractivity contribution in [2.24, 2.45) is 5.41 Å². The van der Waals surface area contributed by atoms with Gasteiger partial charge in [-0.1, -0.05) is 31.9 Å². The minimum atomic E-state index is 0.472. The summed E-state index contributed by atoms with van der Waals surface area (Å²) < 4.78 is 0. The van der Waals surface area contributed by atoms with Crippen LogP contribution in [0, 0.1) is 5.41 Å². The van der Waals surface area contributed by atoms with Gasteiger partial charge in [-0.05, 0) is 31.1 Å². The van der Waals surface area contributed by atoms with Gasteiger partial charge in [0, 0.05) is 12.7 Å². The third-order valence-electron chi connectivity index (χ3n) is 3.43. The topological polar surface area (TPSA) is 12.0 Å². The zero-order valence-corrected chi connectivity index (χ0v) is 9.44. The van der Waals surface area contributed by atoms with Crippen LogP contribution in [-0.2, 0) is 0 Å². The van der Waals surface area contributed by atoms with Crippen molar-refractivity contribution in [2.75, 3.05) is 7.05 Å². The highest BCUT2D eigenvalue weighted by atomic mass is 14.8. The Morgan fingerprint density at radius 1 is 1.36 bits per heavy atom. The molecule has 0 aromatic rings. The molecule has 0 aromatic carbocycles. The molecule has 0 aromatic heterocycles. The van der Waals surface area contributed by atoms with Crippen molar-refractivity contribution < 1.29 is 0 Å². The molecule has 1 aliphatic carbocycles. The highest BCUT2D eigenvalue weighted by Gasteiger charge is 2.30. The minimum Gasteiger partial charge on any atom is -0.392 e. The SMILES string of the molecule is C=CCC1(CC(=C)NC)CCCCC1. The molecule has 0 unspecified atom stereocenters. The summed E-state index contributed by atoms with van der Waals surface area (Å²) in [5.41, 5.74) is 1.65. The van der Waals surface area contributed by atoms with Crippen LogP contribution in [0.15, 0.2) is 24.9 Å². The van der Waals surface area contributed by atoms with Crippen LogP contribution in [0.1, 0.15) is 44.9 Å². The average molecular weight is 193 g/mol. The van der Waals surface area contributed by atoms with Gasteiger partial charge in [0.25, 0.3) is 0 Å². The maximum Gasteiger partial charge on any atom is 0.00367 e. The van der Waals surface area contributed by atoms with Crippen molar-refractivity contribution in [3.8, 4) is 0 Å². The zero-order valence-electron chi connectivity index (χ0n) is 9.44. The van der Waals surface area contributed by atoms with Crippen LogP contribution in [0.5, 0.6) is 0 Å². The monoisotopic (exact) mass is 193 g/mol. The Morgan fingerprint density at radius 3 is 2.50 bits per heavy atom. The lowest BCUT2D eigenvalue weighted by Crippen LogP contribution is -2.26. The first-order chi connectivity index (χ1) is 6.72. The van der Waals surface area contributed by atoms with Crippen molar-refractivity contribution in [3.63, 3.8) is 0 Å². The quantitative estimate of drug-likeness (QED) is 0.657. The van der Waals surface area contributed by atoms with Crippen LogP contribution >= 0.6 is 0 Å². The van der Waals surface area contributed by atoms with Crippen LogP contribution in [0.25, 0.3) is 0 Å². The van der Waals surface area contributed by atoms with E-state index in [4.69, 9.17) is 0 Å². The smallest absolute Gasteiger partial charge is 0.00367 e. The Balaban J connectivity index is 2.59. The standard InChI is InChI=1S/C13H23N/c1-4-8-13(11-12(2)14-3)9-6-5-7-10-13/h4,14H,1-2,5-11H2,3H3. The fourth-order valence-electron chi connectivity index (χ4n) is 2.60. The zero-order chi connectivity index (χ0) is 10.4. The molecule has 0 radical (unpaired) electrons. The Hall–Kier alpha value is -0.720. The van der Waals surface area contributed by atoms with Crippen molar-refractivity contribution in [3.05, 3.63) is 24.9 Å². The molecule has 80 valence electrons. The molecule has 0 heterocycles. The predicted octanol–water partition coefficient (Wildman–Crippen LogP) is 3.64. The minimum absolute atomic E-state index is 0.472. The Kier molecular flexibility index (Phi) is 4.24. The lowest BCUT2D eigenvalue weighted by molar-refractivity contribution is 0.188. The van der Waals surface area contributed by atoms with Crippen molar-refractivity contribution >= 4 is 0 Å². The highest BCUT2D eigenvalue weighted by molar-refractivity contribution is 5.00. The second kappa shape index (κ2) is 5.23. The molecule has 1 rings (SSSR count). The van der Waals surface area contributed by atoms with Crippen LogP contribution < -0.4 is 5.32 Å². The molecule has 0 bridgehead atoms. The molecule has 0 saturated heterocycles. The van der Waals surface area contributed by atoms with E-state index in [1.165, 1.54) is 37.8 Å². The molecule has 0 amide bonds. The van der Waals surface area contributed by atoms with Crippen LogP contribution in [0.2, 0.25) is 0 Å². The first-order valence-corrected chi connectivity index (χ1v) is 5.69. The third-order valence-corrected chi connectivity index (χ3v) is 3.43. The fraction of sp³-hybridized carbons (Fsp3) is 0.692. The molecule has 1 fully saturated rings. The normalized spacial score (nSPS) is 20.1. The van der Waals surface area contributed by atoms with E-state index in [0.29, 0.717) is 5.41 Å². The van der Waals surface area contributed by atoms with Gasteiger partial charge >= 0.3 is 0 Å². The Morgan fingerprint density at radius 2 is 2.00 bits per heavy atom. The molecule has 1 N–H and O–H groups in total. The van der Waals surface area contributed by atoms with Gasteiger partial charge in [-0.15, -0.1) is 6.58 Å². The van der Waals surface area contributed by atoms with Crippen LogP contribution in [-0.4, -0.2) is 7.05 Å². The number of nitrogens with one attached hydrogen (secondary N) is 1. The Bertz CT molecular complexity index is 199. The van der Waals surface area contributed by atoms with E-state index in [2.05, 4.69) is 24.6 Å². The van der Waals surface area contributed by atoms with E-state index in [-0.39, 0.29) is 0 Å². The summed E-state index contributed by atoms with van der Waals surface area (Å²) in [7, 11) is 1.97. The van der Waals surface area contributed by atoms with Gasteiger partial charge in [0.15, 0.2) is 0 Å². The third kappa shape index (κ3) is 2.90. The van der Waals surface area contributed by atoms with Gasteiger partial charge in [-0.2, -0.15) is 0 Å². The maximum atomic E-state index is 4.05. The molecular formula is C13H23N. The summed E-state index contributed by atoms with van der Waals surface area (Å²) in [6, 6.07) is 0. The molecule has 0 atom stereocenters. The predicted molar refractivity (Wildman–Crippen MR) is 63.1 cm³/mol. The molecule has 1 aliphatic rings. The molecule has 0 spiro atoms. The highest BCUT2D eigenvalue weighted by Crippen LogP contribution is 2.43. The molecule has 1 nitrogen and oxygen atoms in total.